The molecule has 4 rings (SSSR count). The number of carbonyl (C=O) groups excluding carboxylic acids is 2. The van der Waals surface area contributed by atoms with Crippen LogP contribution in [0.4, 0.5) is 8.78 Å². The van der Waals surface area contributed by atoms with E-state index in [1.54, 1.807) is 34.0 Å². The number of hydrogen-bond donors (Lipinski definition) is 1. The second-order valence-electron chi connectivity index (χ2n) is 7.31. The molecule has 1 aromatic heterocycles. The summed E-state index contributed by atoms with van der Waals surface area (Å²) < 4.78 is 27.6. The maximum Gasteiger partial charge on any atom is 0.254 e. The van der Waals surface area contributed by atoms with Gasteiger partial charge in [0.2, 0.25) is 5.91 Å². The number of fused-ring (bicyclic) bond motifs is 1. The van der Waals surface area contributed by atoms with Gasteiger partial charge in [0.25, 0.3) is 11.8 Å². The summed E-state index contributed by atoms with van der Waals surface area (Å²) in [6, 6.07) is 7.77. The predicted molar refractivity (Wildman–Crippen MR) is 93.3 cm³/mol. The van der Waals surface area contributed by atoms with E-state index in [0.29, 0.717) is 12.1 Å². The van der Waals surface area contributed by atoms with E-state index in [1.165, 1.54) is 0 Å². The van der Waals surface area contributed by atoms with Crippen LogP contribution in [-0.2, 0) is 11.3 Å². The average molecular weight is 374 g/mol. The molecule has 0 bridgehead atoms. The van der Waals surface area contributed by atoms with E-state index >= 15 is 0 Å². The van der Waals surface area contributed by atoms with Crippen molar-refractivity contribution in [3.8, 4) is 0 Å². The first kappa shape index (κ1) is 17.6. The van der Waals surface area contributed by atoms with Crippen molar-refractivity contribution in [2.75, 3.05) is 6.54 Å². The summed E-state index contributed by atoms with van der Waals surface area (Å²) in [4.78, 5) is 27.2. The first-order chi connectivity index (χ1) is 12.8. The smallest absolute Gasteiger partial charge is 0.254 e. The molecule has 1 aliphatic carbocycles. The van der Waals surface area contributed by atoms with Gasteiger partial charge in [0.05, 0.1) is 18.8 Å². The average Bonchev–Trinajstić information content (AvgIpc) is 3.07. The van der Waals surface area contributed by atoms with Crippen LogP contribution in [0, 0.1) is 6.92 Å². The molecule has 27 heavy (non-hydrogen) atoms. The molecular weight excluding hydrogens is 354 g/mol. The third-order valence-electron chi connectivity index (χ3n) is 5.09. The molecular formula is C19H20F2N4O2. The Morgan fingerprint density at radius 2 is 2.04 bits per heavy atom. The molecule has 1 fully saturated rings. The van der Waals surface area contributed by atoms with Gasteiger partial charge in [0, 0.05) is 30.6 Å². The Morgan fingerprint density at radius 1 is 1.26 bits per heavy atom. The van der Waals surface area contributed by atoms with E-state index < -0.39 is 18.0 Å². The van der Waals surface area contributed by atoms with E-state index in [1.807, 2.05) is 19.1 Å². The molecule has 1 N–H and O–H groups in total. The minimum absolute atomic E-state index is 0.149. The third-order valence-corrected chi connectivity index (χ3v) is 5.09. The molecule has 1 atom stereocenters. The van der Waals surface area contributed by atoms with Crippen molar-refractivity contribution in [2.45, 2.75) is 44.3 Å². The van der Waals surface area contributed by atoms with Gasteiger partial charge in [-0.15, -0.1) is 0 Å². The topological polar surface area (TPSA) is 67.2 Å². The normalized spacial score (nSPS) is 21.3. The Balaban J connectivity index is 1.52. The molecule has 2 heterocycles. The van der Waals surface area contributed by atoms with Crippen LogP contribution in [0.5, 0.6) is 0 Å². The summed E-state index contributed by atoms with van der Waals surface area (Å²) >= 11 is 0. The molecule has 1 aliphatic heterocycles. The molecule has 0 radical (unpaired) electrons. The second-order valence-corrected chi connectivity index (χ2v) is 7.31. The zero-order valence-electron chi connectivity index (χ0n) is 14.9. The largest absolute Gasteiger partial charge is 0.351 e. The first-order valence-electron chi connectivity index (χ1n) is 8.89. The number of halogens is 2. The van der Waals surface area contributed by atoms with Crippen LogP contribution in [0.25, 0.3) is 0 Å². The lowest BCUT2D eigenvalue weighted by Crippen LogP contribution is -2.54. The fourth-order valence-corrected chi connectivity index (χ4v) is 3.66. The van der Waals surface area contributed by atoms with Crippen LogP contribution in [0.15, 0.2) is 36.5 Å². The Kier molecular flexibility index (Phi) is 4.20. The quantitative estimate of drug-likeness (QED) is 0.897. The number of hydrogen-bond acceptors (Lipinski definition) is 3. The van der Waals surface area contributed by atoms with Crippen LogP contribution in [-0.4, -0.2) is 45.0 Å². The van der Waals surface area contributed by atoms with Gasteiger partial charge in [-0.25, -0.2) is 8.78 Å². The fourth-order valence-electron chi connectivity index (χ4n) is 3.66. The lowest BCUT2D eigenvalue weighted by atomic mass is 9.88. The van der Waals surface area contributed by atoms with Crippen molar-refractivity contribution in [1.29, 1.82) is 0 Å². The van der Waals surface area contributed by atoms with Crippen LogP contribution >= 0.6 is 0 Å². The van der Waals surface area contributed by atoms with Gasteiger partial charge in [0.15, 0.2) is 0 Å². The number of carbonyl (C=O) groups is 2. The van der Waals surface area contributed by atoms with Gasteiger partial charge < -0.3 is 10.2 Å². The van der Waals surface area contributed by atoms with E-state index in [2.05, 4.69) is 10.4 Å². The molecule has 142 valence electrons. The fraction of sp³-hybridized carbons (Fsp3) is 0.421. The monoisotopic (exact) mass is 374 g/mol. The number of alkyl halides is 2. The molecule has 2 aliphatic rings. The maximum absolute atomic E-state index is 13.0. The van der Waals surface area contributed by atoms with Crippen LogP contribution in [0.1, 0.15) is 40.5 Å². The minimum Gasteiger partial charge on any atom is -0.351 e. The van der Waals surface area contributed by atoms with Crippen molar-refractivity contribution in [2.24, 2.45) is 0 Å². The van der Waals surface area contributed by atoms with Gasteiger partial charge >= 0.3 is 0 Å². The molecule has 8 heteroatoms. The summed E-state index contributed by atoms with van der Waals surface area (Å²) in [7, 11) is 0. The summed E-state index contributed by atoms with van der Waals surface area (Å²) in [6.45, 7) is 2.40. The minimum atomic E-state index is -2.70. The lowest BCUT2D eigenvalue weighted by molar-refractivity contribution is -0.133. The van der Waals surface area contributed by atoms with Gasteiger partial charge in [-0.1, -0.05) is 17.7 Å². The lowest BCUT2D eigenvalue weighted by Gasteiger charge is -2.38. The van der Waals surface area contributed by atoms with Gasteiger partial charge in [-0.3, -0.25) is 14.3 Å². The molecule has 2 amide bonds. The zero-order chi connectivity index (χ0) is 19.2. The third kappa shape index (κ3) is 3.43. The van der Waals surface area contributed by atoms with Gasteiger partial charge in [0.1, 0.15) is 6.04 Å². The highest BCUT2D eigenvalue weighted by molar-refractivity contribution is 5.95. The zero-order valence-corrected chi connectivity index (χ0v) is 14.9. The Hall–Kier alpha value is -2.77. The molecule has 6 nitrogen and oxygen atoms in total. The van der Waals surface area contributed by atoms with Crippen molar-refractivity contribution >= 4 is 11.8 Å². The number of amides is 2. The number of benzene rings is 1. The molecule has 0 unspecified atom stereocenters. The van der Waals surface area contributed by atoms with E-state index in [9.17, 15) is 18.4 Å². The number of nitrogens with one attached hydrogen (secondary N) is 1. The Morgan fingerprint density at radius 3 is 2.74 bits per heavy atom. The van der Waals surface area contributed by atoms with Gasteiger partial charge in [-0.05, 0) is 25.1 Å². The Bertz CT molecular complexity index is 887. The molecule has 1 saturated carbocycles. The van der Waals surface area contributed by atoms with Crippen molar-refractivity contribution in [1.82, 2.24) is 20.0 Å². The van der Waals surface area contributed by atoms with Crippen molar-refractivity contribution in [3.63, 3.8) is 0 Å². The first-order valence-corrected chi connectivity index (χ1v) is 8.89. The van der Waals surface area contributed by atoms with E-state index in [0.717, 1.165) is 11.3 Å². The number of aromatic nitrogens is 2. The van der Waals surface area contributed by atoms with Crippen LogP contribution < -0.4 is 5.32 Å². The molecule has 1 aromatic carbocycles. The number of nitrogens with zero attached hydrogens (tertiary/aromatic N) is 3. The SMILES string of the molecule is Cc1cccc(C(=O)N2Cc3ccnn3[C@@H](C(=O)NC3CC(F)(F)C3)C2)c1. The van der Waals surface area contributed by atoms with Crippen molar-refractivity contribution < 1.29 is 18.4 Å². The number of rotatable bonds is 3. The summed E-state index contributed by atoms with van der Waals surface area (Å²) in [5.41, 5.74) is 2.27. The second kappa shape index (κ2) is 6.44. The molecule has 0 saturated heterocycles. The van der Waals surface area contributed by atoms with Crippen molar-refractivity contribution in [3.05, 3.63) is 53.3 Å². The highest BCUT2D eigenvalue weighted by Gasteiger charge is 2.47. The molecule has 2 aromatic rings. The summed E-state index contributed by atoms with van der Waals surface area (Å²) in [5.74, 6) is -3.25. The maximum atomic E-state index is 13.0. The van der Waals surface area contributed by atoms with Gasteiger partial charge in [-0.2, -0.15) is 5.10 Å². The van der Waals surface area contributed by atoms with Crippen LogP contribution in [0.3, 0.4) is 0 Å². The summed E-state index contributed by atoms with van der Waals surface area (Å²) in [6.07, 6.45) is 0.889. The highest BCUT2D eigenvalue weighted by Crippen LogP contribution is 2.37. The molecule has 0 spiro atoms. The van der Waals surface area contributed by atoms with Crippen LogP contribution in [0.2, 0.25) is 0 Å². The summed E-state index contributed by atoms with van der Waals surface area (Å²) in [5, 5.41) is 6.85. The predicted octanol–water partition coefficient (Wildman–Crippen LogP) is 2.30. The number of aryl methyl sites for hydroxylation is 1. The Labute approximate surface area is 155 Å². The van der Waals surface area contributed by atoms with E-state index in [-0.39, 0.29) is 31.2 Å². The standard InChI is InChI=1S/C19H20F2N4O2/c1-12-3-2-4-13(7-12)18(27)24-10-15-5-6-22-25(15)16(11-24)17(26)23-14-8-19(20,21)9-14/h2-7,14,16H,8-11H2,1H3,(H,23,26)/t16-/m1/s1. The van der Waals surface area contributed by atoms with E-state index in [4.69, 9.17) is 0 Å². The highest BCUT2D eigenvalue weighted by atomic mass is 19.3.